The minimum atomic E-state index is -3.53. The molecule has 0 aliphatic carbocycles. The van der Waals surface area contributed by atoms with E-state index in [-0.39, 0.29) is 17.3 Å². The van der Waals surface area contributed by atoms with Gasteiger partial charge in [-0.15, -0.1) is 0 Å². The van der Waals surface area contributed by atoms with E-state index in [4.69, 9.17) is 4.74 Å². The van der Waals surface area contributed by atoms with Gasteiger partial charge < -0.3 is 15.0 Å². The Kier molecular flexibility index (Phi) is 6.90. The largest absolute Gasteiger partial charge is 0.379 e. The van der Waals surface area contributed by atoms with E-state index in [1.54, 1.807) is 32.3 Å². The smallest absolute Gasteiger partial charge is 0.244 e. The van der Waals surface area contributed by atoms with Crippen LogP contribution in [0.1, 0.15) is 5.56 Å². The minimum Gasteiger partial charge on any atom is -0.379 e. The number of carbonyl (C=O) groups is 2. The van der Waals surface area contributed by atoms with Crippen molar-refractivity contribution in [3.8, 4) is 0 Å². The summed E-state index contributed by atoms with van der Waals surface area (Å²) in [4.78, 5) is 24.7. The van der Waals surface area contributed by atoms with Crippen LogP contribution in [0.3, 0.4) is 0 Å². The van der Waals surface area contributed by atoms with Crippen LogP contribution in [-0.2, 0) is 24.3 Å². The Hall–Kier alpha value is -2.23. The molecule has 0 aromatic heterocycles. The molecule has 142 valence electrons. The zero-order chi connectivity index (χ0) is 19.2. The molecule has 0 atom stereocenters. The number of morpholine rings is 1. The summed E-state index contributed by atoms with van der Waals surface area (Å²) in [7, 11) is -0.313. The first-order valence-electron chi connectivity index (χ1n) is 8.15. The van der Waals surface area contributed by atoms with Gasteiger partial charge in [0.2, 0.25) is 21.8 Å². The monoisotopic (exact) mass is 381 g/mol. The summed E-state index contributed by atoms with van der Waals surface area (Å²) >= 11 is 0. The van der Waals surface area contributed by atoms with Gasteiger partial charge in [-0.05, 0) is 23.8 Å². The molecule has 1 fully saturated rings. The van der Waals surface area contributed by atoms with Crippen LogP contribution in [0, 0.1) is 0 Å². The van der Waals surface area contributed by atoms with Crippen molar-refractivity contribution in [2.45, 2.75) is 4.90 Å². The summed E-state index contributed by atoms with van der Waals surface area (Å²) in [6.07, 6.45) is 2.86. The molecule has 1 heterocycles. The lowest BCUT2D eigenvalue weighted by molar-refractivity contribution is -0.129. The molecule has 0 radical (unpaired) electrons. The van der Waals surface area contributed by atoms with Gasteiger partial charge in [0.05, 0.1) is 24.7 Å². The van der Waals surface area contributed by atoms with Crippen molar-refractivity contribution in [2.75, 3.05) is 46.9 Å². The SMILES string of the molecule is CN(C)C(=O)CNC(=O)/C=C/c1ccc(S(=O)(=O)N2CCOCC2)cc1. The molecular weight excluding hydrogens is 358 g/mol. The Morgan fingerprint density at radius 1 is 1.19 bits per heavy atom. The van der Waals surface area contributed by atoms with Crippen LogP contribution in [0.15, 0.2) is 35.2 Å². The van der Waals surface area contributed by atoms with Crippen LogP contribution in [0.2, 0.25) is 0 Å². The number of hydrogen-bond acceptors (Lipinski definition) is 5. The Morgan fingerprint density at radius 3 is 2.38 bits per heavy atom. The molecular formula is C17H23N3O5S. The van der Waals surface area contributed by atoms with Crippen molar-refractivity contribution in [3.05, 3.63) is 35.9 Å². The van der Waals surface area contributed by atoms with E-state index in [0.29, 0.717) is 31.9 Å². The molecule has 0 saturated carbocycles. The predicted molar refractivity (Wildman–Crippen MR) is 96.8 cm³/mol. The highest BCUT2D eigenvalue weighted by atomic mass is 32.2. The van der Waals surface area contributed by atoms with E-state index in [0.717, 1.165) is 0 Å². The molecule has 0 bridgehead atoms. The van der Waals surface area contributed by atoms with Crippen LogP contribution < -0.4 is 5.32 Å². The molecule has 1 aromatic carbocycles. The van der Waals surface area contributed by atoms with Gasteiger partial charge in [0.1, 0.15) is 0 Å². The van der Waals surface area contributed by atoms with Crippen molar-refractivity contribution in [1.29, 1.82) is 0 Å². The number of benzene rings is 1. The van der Waals surface area contributed by atoms with Crippen molar-refractivity contribution in [2.24, 2.45) is 0 Å². The summed E-state index contributed by atoms with van der Waals surface area (Å²) in [6.45, 7) is 1.40. The van der Waals surface area contributed by atoms with E-state index in [1.165, 1.54) is 27.4 Å². The first-order chi connectivity index (χ1) is 12.3. The number of sulfonamides is 1. The van der Waals surface area contributed by atoms with Crippen LogP contribution in [0.25, 0.3) is 6.08 Å². The third-order valence-electron chi connectivity index (χ3n) is 3.83. The van der Waals surface area contributed by atoms with Crippen molar-refractivity contribution in [1.82, 2.24) is 14.5 Å². The number of nitrogens with one attached hydrogen (secondary N) is 1. The maximum Gasteiger partial charge on any atom is 0.244 e. The minimum absolute atomic E-state index is 0.0765. The van der Waals surface area contributed by atoms with E-state index in [1.807, 2.05) is 0 Å². The van der Waals surface area contributed by atoms with Gasteiger partial charge in [0.15, 0.2) is 0 Å². The van der Waals surface area contributed by atoms with Crippen molar-refractivity contribution in [3.63, 3.8) is 0 Å². The molecule has 1 saturated heterocycles. The molecule has 1 aliphatic heterocycles. The van der Waals surface area contributed by atoms with E-state index in [9.17, 15) is 18.0 Å². The lowest BCUT2D eigenvalue weighted by atomic mass is 10.2. The van der Waals surface area contributed by atoms with Gasteiger partial charge in [-0.25, -0.2) is 8.42 Å². The standard InChI is InChI=1S/C17H23N3O5S/c1-19(2)17(22)13-18-16(21)8-5-14-3-6-15(7-4-14)26(23,24)20-9-11-25-12-10-20/h3-8H,9-13H2,1-2H3,(H,18,21)/b8-5+. The summed E-state index contributed by atoms with van der Waals surface area (Å²) in [6, 6.07) is 6.28. The van der Waals surface area contributed by atoms with Gasteiger partial charge in [-0.2, -0.15) is 4.31 Å². The van der Waals surface area contributed by atoms with Gasteiger partial charge in [-0.3, -0.25) is 9.59 Å². The van der Waals surface area contributed by atoms with Crippen LogP contribution in [0.4, 0.5) is 0 Å². The molecule has 0 spiro atoms. The molecule has 26 heavy (non-hydrogen) atoms. The number of rotatable bonds is 6. The zero-order valence-electron chi connectivity index (χ0n) is 14.8. The third kappa shape index (κ3) is 5.38. The summed E-state index contributed by atoms with van der Waals surface area (Å²) in [5.41, 5.74) is 0.681. The van der Waals surface area contributed by atoms with Gasteiger partial charge in [0, 0.05) is 33.3 Å². The second kappa shape index (κ2) is 8.93. The summed E-state index contributed by atoms with van der Waals surface area (Å²) < 4.78 is 31.6. The maximum atomic E-state index is 12.5. The molecule has 2 rings (SSSR count). The lowest BCUT2D eigenvalue weighted by Crippen LogP contribution is -2.40. The molecule has 1 aromatic rings. The van der Waals surface area contributed by atoms with Crippen LogP contribution >= 0.6 is 0 Å². The average molecular weight is 381 g/mol. The van der Waals surface area contributed by atoms with Gasteiger partial charge in [0.25, 0.3) is 0 Å². The van der Waals surface area contributed by atoms with Crippen molar-refractivity contribution < 1.29 is 22.7 Å². The van der Waals surface area contributed by atoms with Crippen LogP contribution in [-0.4, -0.2) is 76.4 Å². The van der Waals surface area contributed by atoms with Crippen molar-refractivity contribution >= 4 is 27.9 Å². The highest BCUT2D eigenvalue weighted by Gasteiger charge is 2.25. The number of ether oxygens (including phenoxy) is 1. The Balaban J connectivity index is 1.96. The van der Waals surface area contributed by atoms with Gasteiger partial charge in [-0.1, -0.05) is 12.1 Å². The summed E-state index contributed by atoms with van der Waals surface area (Å²) in [5.74, 6) is -0.602. The predicted octanol–water partition coefficient (Wildman–Crippen LogP) is -0.0749. The average Bonchev–Trinajstić information content (AvgIpc) is 2.65. The second-order valence-corrected chi connectivity index (χ2v) is 7.86. The lowest BCUT2D eigenvalue weighted by Gasteiger charge is -2.26. The Bertz CT molecular complexity index is 766. The fraction of sp³-hybridized carbons (Fsp3) is 0.412. The number of amides is 2. The molecule has 9 heteroatoms. The topological polar surface area (TPSA) is 96.0 Å². The molecule has 0 unspecified atom stereocenters. The highest BCUT2D eigenvalue weighted by molar-refractivity contribution is 7.89. The third-order valence-corrected chi connectivity index (χ3v) is 5.74. The first kappa shape index (κ1) is 20.1. The number of nitrogens with zero attached hydrogens (tertiary/aromatic N) is 2. The Morgan fingerprint density at radius 2 is 1.81 bits per heavy atom. The first-order valence-corrected chi connectivity index (χ1v) is 9.59. The zero-order valence-corrected chi connectivity index (χ0v) is 15.7. The maximum absolute atomic E-state index is 12.5. The summed E-state index contributed by atoms with van der Waals surface area (Å²) in [5, 5.41) is 2.48. The molecule has 2 amide bonds. The fourth-order valence-electron chi connectivity index (χ4n) is 2.24. The molecule has 1 aliphatic rings. The van der Waals surface area contributed by atoms with E-state index < -0.39 is 15.9 Å². The van der Waals surface area contributed by atoms with Crippen LogP contribution in [0.5, 0.6) is 0 Å². The van der Waals surface area contributed by atoms with E-state index in [2.05, 4.69) is 5.32 Å². The molecule has 8 nitrogen and oxygen atoms in total. The number of carbonyl (C=O) groups excluding carboxylic acids is 2. The quantitative estimate of drug-likeness (QED) is 0.696. The fourth-order valence-corrected chi connectivity index (χ4v) is 3.65. The number of likely N-dealkylation sites (N-methyl/N-ethyl adjacent to an activating group) is 1. The Labute approximate surface area is 153 Å². The number of hydrogen-bond donors (Lipinski definition) is 1. The molecule has 1 N–H and O–H groups in total. The van der Waals surface area contributed by atoms with Gasteiger partial charge >= 0.3 is 0 Å². The van der Waals surface area contributed by atoms with E-state index >= 15 is 0 Å². The normalized spacial score (nSPS) is 15.8. The highest BCUT2D eigenvalue weighted by Crippen LogP contribution is 2.18. The second-order valence-electron chi connectivity index (χ2n) is 5.92.